The second-order valence-electron chi connectivity index (χ2n) is 27.5. The quantitative estimate of drug-likeness (QED) is 0.0239. The summed E-state index contributed by atoms with van der Waals surface area (Å²) in [4.78, 5) is 35.6. The first kappa shape index (κ1) is 88.1. The van der Waals surface area contributed by atoms with Crippen LogP contribution in [0.2, 0.25) is 0 Å². The van der Waals surface area contributed by atoms with Crippen molar-refractivity contribution in [2.24, 2.45) is 0 Å². The van der Waals surface area contributed by atoms with Gasteiger partial charge in [-0.25, -0.2) is 14.4 Å². The third kappa shape index (κ3) is 23.2. The van der Waals surface area contributed by atoms with Gasteiger partial charge < -0.3 is 58.3 Å². The van der Waals surface area contributed by atoms with Crippen LogP contribution in [-0.4, -0.2) is 142 Å². The van der Waals surface area contributed by atoms with E-state index in [4.69, 9.17) is 24.1 Å². The highest BCUT2D eigenvalue weighted by Gasteiger charge is 2.83. The zero-order chi connectivity index (χ0) is 79.2. The molecule has 1 aliphatic heterocycles. The van der Waals surface area contributed by atoms with Crippen molar-refractivity contribution >= 4 is 39.5 Å². The number of esters is 3. The summed E-state index contributed by atoms with van der Waals surface area (Å²) in [6.45, 7) is 15.2. The molecule has 2 aliphatic rings. The van der Waals surface area contributed by atoms with Gasteiger partial charge in [0.15, 0.2) is 25.4 Å². The normalized spacial score (nSPS) is 21.4. The van der Waals surface area contributed by atoms with E-state index < -0.39 is 122 Å². The molecular formula is C76H92F14O15. The Hall–Kier alpha value is -7.57. The highest BCUT2D eigenvalue weighted by atomic mass is 19.4. The van der Waals surface area contributed by atoms with Crippen molar-refractivity contribution in [3.8, 4) is 17.2 Å². The molecule has 584 valence electrons. The van der Waals surface area contributed by atoms with E-state index in [-0.39, 0.29) is 12.4 Å². The second kappa shape index (κ2) is 35.4. The van der Waals surface area contributed by atoms with Crippen LogP contribution in [-0.2, 0) is 44.7 Å². The molecule has 4 N–H and O–H groups in total. The largest absolute Gasteiger partial charge is 0.482 e. The Morgan fingerprint density at radius 1 is 0.495 bits per heavy atom. The lowest BCUT2D eigenvalue weighted by atomic mass is 9.94. The van der Waals surface area contributed by atoms with E-state index >= 15 is 0 Å². The lowest BCUT2D eigenvalue weighted by Gasteiger charge is -2.35. The molecule has 2 fully saturated rings. The Morgan fingerprint density at radius 3 is 1.28 bits per heavy atom. The second-order valence-corrected chi connectivity index (χ2v) is 27.5. The molecule has 1 heterocycles. The summed E-state index contributed by atoms with van der Waals surface area (Å²) in [5.41, 5.74) is -7.25. The third-order valence-corrected chi connectivity index (χ3v) is 18.6. The van der Waals surface area contributed by atoms with Gasteiger partial charge >= 0.3 is 54.3 Å². The predicted octanol–water partition coefficient (Wildman–Crippen LogP) is 17.9. The fourth-order valence-electron chi connectivity index (χ4n) is 10.8. The summed E-state index contributed by atoms with van der Waals surface area (Å²) < 4.78 is 219. The average Bonchev–Trinajstić information content (AvgIpc) is 1.55. The number of hydrogen-bond acceptors (Lipinski definition) is 15. The molecule has 0 aromatic heterocycles. The summed E-state index contributed by atoms with van der Waals surface area (Å²) in [5.74, 6) is -9.46. The maximum Gasteiger partial charge on any atom is 0.449 e. The summed E-state index contributed by atoms with van der Waals surface area (Å²) in [7, 11) is 0. The van der Waals surface area contributed by atoms with Gasteiger partial charge in [0.1, 0.15) is 29.5 Å². The molecule has 1 saturated carbocycles. The van der Waals surface area contributed by atoms with E-state index in [1.54, 1.807) is 61.5 Å². The van der Waals surface area contributed by atoms with Crippen LogP contribution >= 0.6 is 0 Å². The molecule has 9 atom stereocenters. The average molecular weight is 1510 g/mol. The van der Waals surface area contributed by atoms with Crippen molar-refractivity contribution in [3.63, 3.8) is 0 Å². The van der Waals surface area contributed by atoms with E-state index in [2.05, 4.69) is 66.6 Å². The van der Waals surface area contributed by atoms with Crippen molar-refractivity contribution in [3.05, 3.63) is 149 Å². The van der Waals surface area contributed by atoms with Crippen LogP contribution in [0.4, 0.5) is 61.5 Å². The van der Waals surface area contributed by atoms with Gasteiger partial charge in [-0.3, -0.25) is 0 Å². The number of rotatable bonds is 25. The molecule has 105 heavy (non-hydrogen) atoms. The number of fused-ring (bicyclic) bond motifs is 2. The van der Waals surface area contributed by atoms with Crippen molar-refractivity contribution < 1.29 is 134 Å². The van der Waals surface area contributed by atoms with Gasteiger partial charge in [0.05, 0.1) is 25.4 Å². The minimum Gasteiger partial charge on any atom is -0.482 e. The molecule has 29 heteroatoms. The Morgan fingerprint density at radius 2 is 0.876 bits per heavy atom. The monoisotopic (exact) mass is 1510 g/mol. The first-order valence-corrected chi connectivity index (χ1v) is 33.9. The zero-order valence-corrected chi connectivity index (χ0v) is 60.3. The lowest BCUT2D eigenvalue weighted by Crippen LogP contribution is -2.63. The predicted molar refractivity (Wildman–Crippen MR) is 362 cm³/mol. The highest BCUT2D eigenvalue weighted by Crippen LogP contribution is 2.55. The SMILES string of the molecule is CCC(C)c1ccc(COCC(O)(C(F)(F)F)C(F)(F)F)cc1.CCC(C)c1ccc(OCC(=O)OC2(C)CCC(C)(O)C2)cc1.CCC(C)c1ccc2cc(OCC(=O)OC3(C)COC(O)(C(F)(F)F)C3(F)F)ccc2c1.CCC(C)c1ccc2cc(OCC(=O)OCC(C)(O)C(F)(F)F)ccc2c1. The fraction of sp³-hybridized carbons (Fsp3) is 0.539. The summed E-state index contributed by atoms with van der Waals surface area (Å²) in [6, 6.07) is 36.7. The molecule has 0 radical (unpaired) electrons. The Balaban J connectivity index is 0.000000254. The lowest BCUT2D eigenvalue weighted by molar-refractivity contribution is -0.409. The van der Waals surface area contributed by atoms with Crippen molar-refractivity contribution in [2.75, 3.05) is 39.6 Å². The van der Waals surface area contributed by atoms with Crippen molar-refractivity contribution in [1.29, 1.82) is 0 Å². The molecule has 8 rings (SSSR count). The van der Waals surface area contributed by atoms with Crippen LogP contribution in [0.3, 0.4) is 0 Å². The molecule has 1 aliphatic carbocycles. The van der Waals surface area contributed by atoms with Crippen molar-refractivity contribution in [2.45, 2.75) is 223 Å². The van der Waals surface area contributed by atoms with E-state index in [0.29, 0.717) is 73.8 Å². The number of alkyl halides is 14. The number of carbonyl (C=O) groups excluding carboxylic acids is 3. The molecule has 0 spiro atoms. The molecule has 1 saturated heterocycles. The van der Waals surface area contributed by atoms with Gasteiger partial charge in [0.2, 0.25) is 5.60 Å². The first-order chi connectivity index (χ1) is 48.4. The van der Waals surface area contributed by atoms with Gasteiger partial charge in [-0.15, -0.1) is 0 Å². The molecule has 0 bridgehead atoms. The number of aliphatic hydroxyl groups is 4. The van der Waals surface area contributed by atoms with Gasteiger partial charge in [-0.2, -0.15) is 61.5 Å². The van der Waals surface area contributed by atoms with Crippen LogP contribution in [0.1, 0.15) is 180 Å². The van der Waals surface area contributed by atoms with Crippen LogP contribution < -0.4 is 14.2 Å². The summed E-state index contributed by atoms with van der Waals surface area (Å²) in [5, 5.41) is 41.3. The minimum atomic E-state index is -5.87. The van der Waals surface area contributed by atoms with E-state index in [0.717, 1.165) is 52.8 Å². The Kier molecular flexibility index (Phi) is 29.7. The molecule has 0 amide bonds. The molecule has 9 unspecified atom stereocenters. The van der Waals surface area contributed by atoms with Crippen LogP contribution in [0.25, 0.3) is 21.5 Å². The molecule has 6 aromatic carbocycles. The molecule has 15 nitrogen and oxygen atoms in total. The zero-order valence-electron chi connectivity index (χ0n) is 60.3. The Bertz CT molecular complexity index is 3790. The van der Waals surface area contributed by atoms with Gasteiger partial charge in [-0.05, 0) is 176 Å². The number of ether oxygens (including phenoxy) is 8. The van der Waals surface area contributed by atoms with Crippen LogP contribution in [0, 0.1) is 0 Å². The van der Waals surface area contributed by atoms with E-state index in [9.17, 15) is 91.2 Å². The number of halogens is 14. The summed E-state index contributed by atoms with van der Waals surface area (Å²) >= 11 is 0. The highest BCUT2D eigenvalue weighted by molar-refractivity contribution is 5.86. The molecular weight excluding hydrogens is 1420 g/mol. The minimum absolute atomic E-state index is 0.111. The van der Waals surface area contributed by atoms with Gasteiger partial charge in [0, 0.05) is 6.42 Å². The van der Waals surface area contributed by atoms with Gasteiger partial charge in [-0.1, -0.05) is 140 Å². The van der Waals surface area contributed by atoms with Crippen LogP contribution in [0.15, 0.2) is 121 Å². The maximum absolute atomic E-state index is 14.3. The number of hydrogen-bond donors (Lipinski definition) is 4. The van der Waals surface area contributed by atoms with Gasteiger partial charge in [0.25, 0.3) is 5.60 Å². The topological polar surface area (TPSA) is 206 Å². The molecule has 6 aromatic rings. The number of benzene rings is 6. The maximum atomic E-state index is 14.3. The smallest absolute Gasteiger partial charge is 0.449 e. The fourth-order valence-corrected chi connectivity index (χ4v) is 10.8. The van der Waals surface area contributed by atoms with Crippen molar-refractivity contribution in [1.82, 2.24) is 0 Å². The van der Waals surface area contributed by atoms with Crippen LogP contribution in [0.5, 0.6) is 17.2 Å². The first-order valence-electron chi connectivity index (χ1n) is 33.9. The summed E-state index contributed by atoms with van der Waals surface area (Å²) in [6.07, 6.45) is -16.6. The van der Waals surface area contributed by atoms with E-state index in [1.807, 2.05) is 81.4 Å². The number of carbonyl (C=O) groups is 3. The third-order valence-electron chi connectivity index (χ3n) is 18.6. The Labute approximate surface area is 600 Å². The standard InChI is InChI=1S/C22H23F5O5.C20H23F3O4.C19H28O4.C15H18F6O2/c1-4-13(2)14-5-6-16-10-17(8-7-15(16)9-14)30-11-18(28)32-19(3)12-31-21(29,20(19,23)24)22(25,26)27;1-4-13(2)14-5-6-16-10-17(8-7-15(16)9-14)26-11-18(24)27-12-19(3,25)20(21,22)23;1-5-14(2)15-6-8-16(9-7-15)22-12-17(20)23-19(4)11-10-18(3,21)13-19;1-3-10(2)12-6-4-11(5-7-12)8-23-9-13(22,14(16,17)18)15(19,20)21/h5-10,13,29H,4,11-12H2,1-3H3;5-10,13,25H,4,11-12H2,1-3H3;6-9,14,21H,5,10-13H2,1-4H3;4-7,10,22H,3,8-9H2,1-2H3. The van der Waals surface area contributed by atoms with E-state index in [1.165, 1.54) is 16.7 Å².